The zero-order chi connectivity index (χ0) is 16.7. The second-order valence-corrected chi connectivity index (χ2v) is 4.72. The fraction of sp³-hybridized carbons (Fsp3) is 0.167. The Morgan fingerprint density at radius 1 is 1.04 bits per heavy atom. The summed E-state index contributed by atoms with van der Waals surface area (Å²) >= 11 is 0. The van der Waals surface area contributed by atoms with Crippen LogP contribution >= 0.6 is 0 Å². The van der Waals surface area contributed by atoms with Gasteiger partial charge in [0.25, 0.3) is 0 Å². The normalized spacial score (nSPS) is 10.5. The van der Waals surface area contributed by atoms with Crippen molar-refractivity contribution in [1.29, 1.82) is 0 Å². The lowest BCUT2D eigenvalue weighted by Gasteiger charge is -2.10. The van der Waals surface area contributed by atoms with E-state index < -0.39 is 5.97 Å². The van der Waals surface area contributed by atoms with E-state index in [1.165, 1.54) is 6.08 Å². The Bertz CT molecular complexity index is 689. The van der Waals surface area contributed by atoms with Crippen molar-refractivity contribution in [3.05, 3.63) is 59.7 Å². The Hall–Kier alpha value is -2.95. The highest BCUT2D eigenvalue weighted by molar-refractivity contribution is 5.85. The quantitative estimate of drug-likeness (QED) is 0.794. The van der Waals surface area contributed by atoms with Crippen LogP contribution in [0.25, 0.3) is 6.08 Å². The van der Waals surface area contributed by atoms with Gasteiger partial charge in [0.05, 0.1) is 14.2 Å². The number of carbonyl (C=O) groups is 1. The fourth-order valence-electron chi connectivity index (χ4n) is 1.98. The first kappa shape index (κ1) is 16.4. The van der Waals surface area contributed by atoms with Crippen LogP contribution in [0.1, 0.15) is 11.1 Å². The van der Waals surface area contributed by atoms with Crippen molar-refractivity contribution in [2.45, 2.75) is 6.61 Å². The van der Waals surface area contributed by atoms with Crippen LogP contribution in [0.5, 0.6) is 17.2 Å². The average molecular weight is 314 g/mol. The summed E-state index contributed by atoms with van der Waals surface area (Å²) < 4.78 is 16.2. The predicted octanol–water partition coefficient (Wildman–Crippen LogP) is 3.38. The van der Waals surface area contributed by atoms with Gasteiger partial charge in [-0.1, -0.05) is 18.2 Å². The third-order valence-corrected chi connectivity index (χ3v) is 3.15. The van der Waals surface area contributed by atoms with Crippen molar-refractivity contribution in [2.24, 2.45) is 0 Å². The van der Waals surface area contributed by atoms with Crippen molar-refractivity contribution in [3.63, 3.8) is 0 Å². The largest absolute Gasteiger partial charge is 0.493 e. The van der Waals surface area contributed by atoms with Gasteiger partial charge in [-0.05, 0) is 41.5 Å². The summed E-state index contributed by atoms with van der Waals surface area (Å²) in [5.74, 6) is 1.06. The first-order valence-electron chi connectivity index (χ1n) is 6.97. The molecule has 0 bridgehead atoms. The van der Waals surface area contributed by atoms with Crippen LogP contribution in [0.3, 0.4) is 0 Å². The van der Waals surface area contributed by atoms with E-state index >= 15 is 0 Å². The minimum Gasteiger partial charge on any atom is -0.493 e. The van der Waals surface area contributed by atoms with Crippen molar-refractivity contribution in [1.82, 2.24) is 0 Å². The van der Waals surface area contributed by atoms with Crippen molar-refractivity contribution in [2.75, 3.05) is 14.2 Å². The molecule has 5 nitrogen and oxygen atoms in total. The molecule has 120 valence electrons. The van der Waals surface area contributed by atoms with Gasteiger partial charge in [-0.25, -0.2) is 4.79 Å². The minimum absolute atomic E-state index is 0.394. The highest BCUT2D eigenvalue weighted by atomic mass is 16.5. The summed E-state index contributed by atoms with van der Waals surface area (Å²) in [6, 6.07) is 12.8. The SMILES string of the molecule is COc1ccc(COc2ccc(/C=C/C(=O)O)cc2)cc1OC. The first-order chi connectivity index (χ1) is 11.1. The molecule has 0 saturated carbocycles. The van der Waals surface area contributed by atoms with Crippen LogP contribution in [0.15, 0.2) is 48.5 Å². The molecule has 1 N–H and O–H groups in total. The molecule has 0 heterocycles. The highest BCUT2D eigenvalue weighted by Crippen LogP contribution is 2.28. The Kier molecular flexibility index (Phi) is 5.63. The van der Waals surface area contributed by atoms with E-state index in [1.807, 2.05) is 18.2 Å². The van der Waals surface area contributed by atoms with Gasteiger partial charge >= 0.3 is 5.97 Å². The van der Waals surface area contributed by atoms with Gasteiger partial charge in [-0.2, -0.15) is 0 Å². The van der Waals surface area contributed by atoms with E-state index in [0.717, 1.165) is 17.2 Å². The fourth-order valence-corrected chi connectivity index (χ4v) is 1.98. The Balaban J connectivity index is 1.99. The summed E-state index contributed by atoms with van der Waals surface area (Å²) in [4.78, 5) is 10.5. The van der Waals surface area contributed by atoms with Crippen LogP contribution in [-0.2, 0) is 11.4 Å². The van der Waals surface area contributed by atoms with Gasteiger partial charge < -0.3 is 19.3 Å². The molecule has 0 fully saturated rings. The monoisotopic (exact) mass is 314 g/mol. The number of carboxylic acid groups (broad SMARTS) is 1. The predicted molar refractivity (Wildman–Crippen MR) is 87.0 cm³/mol. The second-order valence-electron chi connectivity index (χ2n) is 4.72. The average Bonchev–Trinajstić information content (AvgIpc) is 2.58. The molecule has 0 radical (unpaired) electrons. The molecule has 0 spiro atoms. The smallest absolute Gasteiger partial charge is 0.328 e. The molecule has 0 atom stereocenters. The molecule has 2 aromatic carbocycles. The van der Waals surface area contributed by atoms with Crippen LogP contribution < -0.4 is 14.2 Å². The summed E-state index contributed by atoms with van der Waals surface area (Å²) in [6.45, 7) is 0.394. The van der Waals surface area contributed by atoms with Gasteiger partial charge in [0.1, 0.15) is 12.4 Å². The van der Waals surface area contributed by atoms with Crippen LogP contribution in [-0.4, -0.2) is 25.3 Å². The number of rotatable bonds is 7. The zero-order valence-electron chi connectivity index (χ0n) is 13.0. The summed E-state index contributed by atoms with van der Waals surface area (Å²) in [5, 5.41) is 8.59. The molecule has 0 aliphatic heterocycles. The molecule has 0 unspecified atom stereocenters. The number of carboxylic acids is 1. The molecule has 0 amide bonds. The number of methoxy groups -OCH3 is 2. The molecule has 2 aromatic rings. The van der Waals surface area contributed by atoms with E-state index in [0.29, 0.717) is 23.9 Å². The van der Waals surface area contributed by atoms with Gasteiger partial charge in [-0.3, -0.25) is 0 Å². The highest BCUT2D eigenvalue weighted by Gasteiger charge is 2.05. The van der Waals surface area contributed by atoms with Crippen molar-refractivity contribution < 1.29 is 24.1 Å². The van der Waals surface area contributed by atoms with Gasteiger partial charge in [0.15, 0.2) is 11.5 Å². The second kappa shape index (κ2) is 7.89. The lowest BCUT2D eigenvalue weighted by atomic mass is 10.2. The molecule has 0 saturated heterocycles. The summed E-state index contributed by atoms with van der Waals surface area (Å²) in [5.41, 5.74) is 1.75. The third kappa shape index (κ3) is 4.78. The van der Waals surface area contributed by atoms with Crippen LogP contribution in [0.2, 0.25) is 0 Å². The first-order valence-corrected chi connectivity index (χ1v) is 6.97. The van der Waals surface area contributed by atoms with Gasteiger partial charge in [-0.15, -0.1) is 0 Å². The Morgan fingerprint density at radius 2 is 1.74 bits per heavy atom. The molecule has 23 heavy (non-hydrogen) atoms. The molecule has 0 aromatic heterocycles. The number of hydrogen-bond donors (Lipinski definition) is 1. The number of hydrogen-bond acceptors (Lipinski definition) is 4. The van der Waals surface area contributed by atoms with E-state index in [2.05, 4.69) is 0 Å². The van der Waals surface area contributed by atoms with E-state index in [1.54, 1.807) is 38.5 Å². The molecule has 0 aliphatic rings. The number of benzene rings is 2. The van der Waals surface area contributed by atoms with Crippen LogP contribution in [0.4, 0.5) is 0 Å². The third-order valence-electron chi connectivity index (χ3n) is 3.15. The molecular weight excluding hydrogens is 296 g/mol. The Morgan fingerprint density at radius 3 is 2.35 bits per heavy atom. The topological polar surface area (TPSA) is 65.0 Å². The maximum Gasteiger partial charge on any atom is 0.328 e. The lowest BCUT2D eigenvalue weighted by molar-refractivity contribution is -0.131. The molecule has 0 aliphatic carbocycles. The zero-order valence-corrected chi connectivity index (χ0v) is 13.0. The van der Waals surface area contributed by atoms with Gasteiger partial charge in [0.2, 0.25) is 0 Å². The lowest BCUT2D eigenvalue weighted by Crippen LogP contribution is -1.97. The molecule has 2 rings (SSSR count). The summed E-state index contributed by atoms with van der Waals surface area (Å²) in [7, 11) is 3.18. The minimum atomic E-state index is -0.973. The number of ether oxygens (including phenoxy) is 3. The van der Waals surface area contributed by atoms with E-state index in [4.69, 9.17) is 19.3 Å². The summed E-state index contributed by atoms with van der Waals surface area (Å²) in [6.07, 6.45) is 2.62. The maximum atomic E-state index is 10.5. The van der Waals surface area contributed by atoms with E-state index in [9.17, 15) is 4.79 Å². The number of aliphatic carboxylic acids is 1. The standard InChI is InChI=1S/C18H18O5/c1-21-16-9-5-14(11-17(16)22-2)12-23-15-7-3-13(4-8-15)6-10-18(19)20/h3-11H,12H2,1-2H3,(H,19,20)/b10-6+. The van der Waals surface area contributed by atoms with E-state index in [-0.39, 0.29) is 0 Å². The Labute approximate surface area is 134 Å². The van der Waals surface area contributed by atoms with Crippen molar-refractivity contribution in [3.8, 4) is 17.2 Å². The molecule has 5 heteroatoms. The van der Waals surface area contributed by atoms with Gasteiger partial charge in [0, 0.05) is 6.08 Å². The van der Waals surface area contributed by atoms with Crippen LogP contribution in [0, 0.1) is 0 Å². The maximum absolute atomic E-state index is 10.5. The molecular formula is C18H18O5. The van der Waals surface area contributed by atoms with Crippen molar-refractivity contribution >= 4 is 12.0 Å².